The van der Waals surface area contributed by atoms with Crippen molar-refractivity contribution in [1.29, 1.82) is 0 Å². The first-order valence-electron chi connectivity index (χ1n) is 9.30. The van der Waals surface area contributed by atoms with Crippen molar-refractivity contribution in [3.63, 3.8) is 0 Å². The molecule has 4 saturated carbocycles. The lowest BCUT2D eigenvalue weighted by molar-refractivity contribution is -0.184. The summed E-state index contributed by atoms with van der Waals surface area (Å²) in [4.78, 5) is 12.6. The van der Waals surface area contributed by atoms with E-state index in [0.29, 0.717) is 18.3 Å². The summed E-state index contributed by atoms with van der Waals surface area (Å²) < 4.78 is 0. The Morgan fingerprint density at radius 2 is 1.91 bits per heavy atom. The molecule has 2 bridgehead atoms. The van der Waals surface area contributed by atoms with Gasteiger partial charge < -0.3 is 10.2 Å². The predicted octanol–water partition coefficient (Wildman–Crippen LogP) is 3.10. The lowest BCUT2D eigenvalue weighted by atomic mass is 9.40. The van der Waals surface area contributed by atoms with Crippen molar-refractivity contribution >= 4 is 5.78 Å². The summed E-state index contributed by atoms with van der Waals surface area (Å²) in [7, 11) is 0. The molecule has 2 N–H and O–H groups in total. The number of carbonyl (C=O) groups is 1. The molecule has 4 aliphatic rings. The fraction of sp³-hybridized carbons (Fsp3) is 0.850. The maximum atomic E-state index is 12.6. The first-order chi connectivity index (χ1) is 10.8. The van der Waals surface area contributed by atoms with Gasteiger partial charge in [0.15, 0.2) is 0 Å². The van der Waals surface area contributed by atoms with Crippen LogP contribution >= 0.6 is 0 Å². The van der Waals surface area contributed by atoms with Gasteiger partial charge in [-0.25, -0.2) is 0 Å². The fourth-order valence-corrected chi connectivity index (χ4v) is 7.41. The minimum Gasteiger partial charge on any atom is -0.395 e. The van der Waals surface area contributed by atoms with E-state index in [4.69, 9.17) is 0 Å². The van der Waals surface area contributed by atoms with Gasteiger partial charge in [-0.1, -0.05) is 20.4 Å². The molecule has 0 heterocycles. The molecular formula is C20H30O3. The largest absolute Gasteiger partial charge is 0.395 e. The molecule has 4 aliphatic carbocycles. The Morgan fingerprint density at radius 1 is 1.17 bits per heavy atom. The van der Waals surface area contributed by atoms with E-state index in [0.717, 1.165) is 44.1 Å². The third kappa shape index (κ3) is 1.71. The van der Waals surface area contributed by atoms with Gasteiger partial charge in [-0.3, -0.25) is 4.79 Å². The monoisotopic (exact) mass is 318 g/mol. The predicted molar refractivity (Wildman–Crippen MR) is 88.7 cm³/mol. The van der Waals surface area contributed by atoms with Crippen LogP contribution in [0.2, 0.25) is 0 Å². The number of rotatable bonds is 1. The Balaban J connectivity index is 1.78. The molecule has 23 heavy (non-hydrogen) atoms. The first-order valence-corrected chi connectivity index (χ1v) is 9.30. The molecule has 0 unspecified atom stereocenters. The molecule has 0 saturated heterocycles. The van der Waals surface area contributed by atoms with Gasteiger partial charge in [0.2, 0.25) is 0 Å². The van der Waals surface area contributed by atoms with Gasteiger partial charge in [0.1, 0.15) is 5.78 Å². The number of hydrogen-bond donors (Lipinski definition) is 2. The van der Waals surface area contributed by atoms with Gasteiger partial charge >= 0.3 is 0 Å². The molecule has 0 radical (unpaired) electrons. The lowest BCUT2D eigenvalue weighted by Gasteiger charge is -2.63. The standard InChI is InChI=1S/C20H30O3/c1-12-13-4-5-15-18(2)8-7-16(22)19(3,11-21)14(18)6-9-20(15,10-13)17(12)23/h13-15,17,21,23H,1,4-11H2,2-3H3/t13-,14+,15+,17+,18-,19-,20-/m1/s1. The summed E-state index contributed by atoms with van der Waals surface area (Å²) in [5.41, 5.74) is 0.514. The van der Waals surface area contributed by atoms with Crippen molar-refractivity contribution < 1.29 is 15.0 Å². The van der Waals surface area contributed by atoms with Crippen molar-refractivity contribution in [2.75, 3.05) is 6.61 Å². The molecule has 4 rings (SSSR count). The van der Waals surface area contributed by atoms with Gasteiger partial charge in [0.05, 0.1) is 18.1 Å². The second kappa shape index (κ2) is 4.70. The van der Waals surface area contributed by atoms with Crippen LogP contribution in [-0.4, -0.2) is 28.7 Å². The molecule has 0 aromatic rings. The van der Waals surface area contributed by atoms with Crippen LogP contribution in [0, 0.1) is 34.0 Å². The number of carbonyl (C=O) groups excluding carboxylic acids is 1. The highest BCUT2D eigenvalue weighted by atomic mass is 16.3. The topological polar surface area (TPSA) is 57.5 Å². The van der Waals surface area contributed by atoms with Gasteiger partial charge in [-0.05, 0) is 67.3 Å². The van der Waals surface area contributed by atoms with E-state index in [1.165, 1.54) is 0 Å². The molecule has 0 amide bonds. The lowest BCUT2D eigenvalue weighted by Crippen LogP contribution is -2.61. The second-order valence-corrected chi connectivity index (χ2v) is 9.34. The highest BCUT2D eigenvalue weighted by Crippen LogP contribution is 2.71. The zero-order valence-corrected chi connectivity index (χ0v) is 14.5. The van der Waals surface area contributed by atoms with Crippen LogP contribution < -0.4 is 0 Å². The van der Waals surface area contributed by atoms with Crippen molar-refractivity contribution in [3.8, 4) is 0 Å². The maximum Gasteiger partial charge on any atom is 0.141 e. The fourth-order valence-electron chi connectivity index (χ4n) is 7.41. The third-order valence-corrected chi connectivity index (χ3v) is 8.66. The number of hydrogen-bond acceptors (Lipinski definition) is 3. The SMILES string of the molecule is C=C1[C@@H]2CC[C@H]3[C@]4(C)CCC(=O)[C@](C)(CO)[C@H]4CC[C@]3(C2)[C@H]1O. The van der Waals surface area contributed by atoms with Gasteiger partial charge in [-0.15, -0.1) is 0 Å². The molecule has 3 heteroatoms. The normalized spacial score (nSPS) is 55.5. The van der Waals surface area contributed by atoms with E-state index in [9.17, 15) is 15.0 Å². The van der Waals surface area contributed by atoms with Crippen LogP contribution in [0.4, 0.5) is 0 Å². The quantitative estimate of drug-likeness (QED) is 0.731. The molecule has 0 aromatic heterocycles. The van der Waals surface area contributed by atoms with Crippen molar-refractivity contribution in [2.24, 2.45) is 34.0 Å². The number of ketones is 1. The summed E-state index contributed by atoms with van der Waals surface area (Å²) in [5, 5.41) is 21.0. The number of aliphatic hydroxyl groups excluding tert-OH is 2. The Bertz CT molecular complexity index is 569. The van der Waals surface area contributed by atoms with Crippen LogP contribution in [0.1, 0.15) is 58.8 Å². The van der Waals surface area contributed by atoms with E-state index >= 15 is 0 Å². The molecule has 128 valence electrons. The zero-order valence-electron chi connectivity index (χ0n) is 14.5. The molecule has 7 atom stereocenters. The Labute approximate surface area is 139 Å². The van der Waals surface area contributed by atoms with E-state index in [1.54, 1.807) is 0 Å². The van der Waals surface area contributed by atoms with Crippen LogP contribution in [-0.2, 0) is 4.79 Å². The Hall–Kier alpha value is -0.670. The van der Waals surface area contributed by atoms with Crippen LogP contribution in [0.3, 0.4) is 0 Å². The van der Waals surface area contributed by atoms with E-state index in [-0.39, 0.29) is 35.2 Å². The summed E-state index contributed by atoms with van der Waals surface area (Å²) in [5.74, 6) is 1.44. The summed E-state index contributed by atoms with van der Waals surface area (Å²) in [6.07, 6.45) is 6.43. The molecular weight excluding hydrogens is 288 g/mol. The van der Waals surface area contributed by atoms with Crippen LogP contribution in [0.25, 0.3) is 0 Å². The van der Waals surface area contributed by atoms with Crippen LogP contribution in [0.5, 0.6) is 0 Å². The smallest absolute Gasteiger partial charge is 0.141 e. The maximum absolute atomic E-state index is 12.6. The Kier molecular flexibility index (Phi) is 3.23. The van der Waals surface area contributed by atoms with Crippen LogP contribution in [0.15, 0.2) is 12.2 Å². The third-order valence-electron chi connectivity index (χ3n) is 8.66. The minimum absolute atomic E-state index is 0.0119. The summed E-state index contributed by atoms with van der Waals surface area (Å²) in [6.45, 7) is 8.49. The summed E-state index contributed by atoms with van der Waals surface area (Å²) >= 11 is 0. The number of Topliss-reactive ketones (excluding diaryl/α,β-unsaturated/α-hetero) is 1. The first kappa shape index (κ1) is 15.8. The molecule has 0 aliphatic heterocycles. The second-order valence-electron chi connectivity index (χ2n) is 9.34. The average Bonchev–Trinajstić information content (AvgIpc) is 2.72. The molecule has 4 fully saturated rings. The van der Waals surface area contributed by atoms with E-state index in [1.807, 2.05) is 6.92 Å². The molecule has 0 aromatic carbocycles. The highest BCUT2D eigenvalue weighted by Gasteiger charge is 2.67. The van der Waals surface area contributed by atoms with E-state index < -0.39 is 5.41 Å². The molecule has 1 spiro atoms. The van der Waals surface area contributed by atoms with Gasteiger partial charge in [0.25, 0.3) is 0 Å². The average molecular weight is 318 g/mol. The van der Waals surface area contributed by atoms with Gasteiger partial charge in [0, 0.05) is 11.8 Å². The number of fused-ring (bicyclic) bond motifs is 3. The van der Waals surface area contributed by atoms with Crippen molar-refractivity contribution in [1.82, 2.24) is 0 Å². The Morgan fingerprint density at radius 3 is 2.61 bits per heavy atom. The number of aliphatic hydroxyl groups is 2. The summed E-state index contributed by atoms with van der Waals surface area (Å²) in [6, 6.07) is 0. The van der Waals surface area contributed by atoms with Crippen molar-refractivity contribution in [3.05, 3.63) is 12.2 Å². The highest BCUT2D eigenvalue weighted by molar-refractivity contribution is 5.86. The van der Waals surface area contributed by atoms with Crippen molar-refractivity contribution in [2.45, 2.75) is 64.9 Å². The van der Waals surface area contributed by atoms with E-state index in [2.05, 4.69) is 13.5 Å². The molecule has 3 nitrogen and oxygen atoms in total. The minimum atomic E-state index is -0.591. The zero-order chi connectivity index (χ0) is 16.6. The van der Waals surface area contributed by atoms with Gasteiger partial charge in [-0.2, -0.15) is 0 Å².